The first kappa shape index (κ1) is 11.9. The first-order chi connectivity index (χ1) is 8.62. The van der Waals surface area contributed by atoms with Gasteiger partial charge in [0.25, 0.3) is 5.91 Å². The molecule has 1 fully saturated rings. The summed E-state index contributed by atoms with van der Waals surface area (Å²) in [6, 6.07) is 6.33. The molecular formula is C13H11ClFNOS. The summed E-state index contributed by atoms with van der Waals surface area (Å²) in [6.07, 6.45) is 1.86. The zero-order chi connectivity index (χ0) is 12.8. The van der Waals surface area contributed by atoms with Crippen LogP contribution in [0.5, 0.6) is 0 Å². The highest BCUT2D eigenvalue weighted by Gasteiger charge is 2.43. The Morgan fingerprint density at radius 1 is 1.44 bits per heavy atom. The molecule has 0 unspecified atom stereocenters. The van der Waals surface area contributed by atoms with Gasteiger partial charge in [0.15, 0.2) is 0 Å². The third-order valence-electron chi connectivity index (χ3n) is 3.19. The smallest absolute Gasteiger partial charge is 0.261 e. The molecule has 2 nitrogen and oxygen atoms in total. The molecule has 1 aliphatic rings. The molecule has 2 aromatic rings. The third kappa shape index (κ3) is 2.10. The minimum Gasteiger partial charge on any atom is -0.345 e. The molecule has 5 heteroatoms. The maximum atomic E-state index is 13.1. The minimum absolute atomic E-state index is 0.116. The largest absolute Gasteiger partial charge is 0.345 e. The molecular weight excluding hydrogens is 273 g/mol. The van der Waals surface area contributed by atoms with E-state index in [0.29, 0.717) is 10.8 Å². The van der Waals surface area contributed by atoms with Crippen LogP contribution < -0.4 is 5.32 Å². The van der Waals surface area contributed by atoms with E-state index in [-0.39, 0.29) is 17.3 Å². The molecule has 1 amide bonds. The van der Waals surface area contributed by atoms with Gasteiger partial charge in [0.2, 0.25) is 0 Å². The number of benzene rings is 1. The van der Waals surface area contributed by atoms with E-state index in [2.05, 4.69) is 5.32 Å². The van der Waals surface area contributed by atoms with E-state index >= 15 is 0 Å². The summed E-state index contributed by atoms with van der Waals surface area (Å²) >= 11 is 7.13. The Labute approximate surface area is 113 Å². The molecule has 1 saturated carbocycles. The van der Waals surface area contributed by atoms with Crippen molar-refractivity contribution in [1.29, 1.82) is 0 Å². The zero-order valence-corrected chi connectivity index (χ0v) is 11.1. The second-order valence-electron chi connectivity index (χ2n) is 4.66. The van der Waals surface area contributed by atoms with Crippen LogP contribution in [0.2, 0.25) is 0 Å². The van der Waals surface area contributed by atoms with Crippen molar-refractivity contribution in [3.05, 3.63) is 35.0 Å². The van der Waals surface area contributed by atoms with E-state index in [0.717, 1.165) is 22.9 Å². The van der Waals surface area contributed by atoms with Gasteiger partial charge in [-0.25, -0.2) is 4.39 Å². The maximum absolute atomic E-state index is 13.1. The molecule has 18 heavy (non-hydrogen) atoms. The zero-order valence-electron chi connectivity index (χ0n) is 9.50. The Hall–Kier alpha value is -1.13. The number of amides is 1. The summed E-state index contributed by atoms with van der Waals surface area (Å²) in [5, 5.41) is 3.85. The fourth-order valence-corrected chi connectivity index (χ4v) is 3.18. The van der Waals surface area contributed by atoms with Gasteiger partial charge in [-0.2, -0.15) is 0 Å². The number of carbonyl (C=O) groups is 1. The number of nitrogens with one attached hydrogen (secondary N) is 1. The Balaban J connectivity index is 1.87. The van der Waals surface area contributed by atoms with Crippen LogP contribution in [0.25, 0.3) is 10.1 Å². The molecule has 3 rings (SSSR count). The molecule has 0 bridgehead atoms. The Morgan fingerprint density at radius 2 is 2.22 bits per heavy atom. The number of halogens is 2. The number of fused-ring (bicyclic) bond motifs is 1. The lowest BCUT2D eigenvalue weighted by Crippen LogP contribution is -2.37. The van der Waals surface area contributed by atoms with Gasteiger partial charge in [0, 0.05) is 10.6 Å². The van der Waals surface area contributed by atoms with Crippen molar-refractivity contribution < 1.29 is 9.18 Å². The van der Waals surface area contributed by atoms with Gasteiger partial charge in [-0.3, -0.25) is 4.79 Å². The monoisotopic (exact) mass is 283 g/mol. The lowest BCUT2D eigenvalue weighted by molar-refractivity contribution is 0.0940. The predicted octanol–water partition coefficient (Wildman–Crippen LogP) is 3.54. The Bertz CT molecular complexity index is 620. The van der Waals surface area contributed by atoms with Gasteiger partial charge in [-0.1, -0.05) is 6.07 Å². The van der Waals surface area contributed by atoms with Crippen molar-refractivity contribution in [1.82, 2.24) is 5.32 Å². The molecule has 0 saturated heterocycles. The quantitative estimate of drug-likeness (QED) is 0.858. The second-order valence-corrected chi connectivity index (χ2v) is 6.01. The average Bonchev–Trinajstić information content (AvgIpc) is 2.99. The van der Waals surface area contributed by atoms with Crippen LogP contribution >= 0.6 is 22.9 Å². The van der Waals surface area contributed by atoms with Crippen molar-refractivity contribution >= 4 is 38.9 Å². The lowest BCUT2D eigenvalue weighted by Gasteiger charge is -2.12. The highest BCUT2D eigenvalue weighted by atomic mass is 35.5. The number of carbonyl (C=O) groups excluding carboxylic acids is 1. The maximum Gasteiger partial charge on any atom is 0.261 e. The van der Waals surface area contributed by atoms with E-state index in [1.807, 2.05) is 0 Å². The van der Waals surface area contributed by atoms with Crippen molar-refractivity contribution in [2.24, 2.45) is 0 Å². The standard InChI is InChI=1S/C13H11ClFNOS/c14-7-13(3-4-13)16-12(17)11-5-8-1-2-9(15)6-10(8)18-11/h1-2,5-6H,3-4,7H2,(H,16,17). The second kappa shape index (κ2) is 4.21. The first-order valence-electron chi connectivity index (χ1n) is 5.69. The van der Waals surface area contributed by atoms with Crippen molar-refractivity contribution in [2.45, 2.75) is 18.4 Å². The summed E-state index contributed by atoms with van der Waals surface area (Å²) in [6.45, 7) is 0. The summed E-state index contributed by atoms with van der Waals surface area (Å²) in [4.78, 5) is 12.7. The average molecular weight is 284 g/mol. The highest BCUT2D eigenvalue weighted by molar-refractivity contribution is 7.20. The molecule has 0 spiro atoms. The van der Waals surface area contributed by atoms with Crippen LogP contribution in [-0.4, -0.2) is 17.3 Å². The molecule has 1 aromatic heterocycles. The molecule has 1 heterocycles. The molecule has 1 aliphatic carbocycles. The van der Waals surface area contributed by atoms with Crippen LogP contribution in [0.3, 0.4) is 0 Å². The highest BCUT2D eigenvalue weighted by Crippen LogP contribution is 2.37. The van der Waals surface area contributed by atoms with Gasteiger partial charge in [-0.05, 0) is 36.4 Å². The van der Waals surface area contributed by atoms with Crippen LogP contribution in [-0.2, 0) is 0 Å². The Kier molecular flexibility index (Phi) is 2.79. The summed E-state index contributed by atoms with van der Waals surface area (Å²) in [5.41, 5.74) is -0.208. The van der Waals surface area contributed by atoms with Crippen molar-refractivity contribution in [3.63, 3.8) is 0 Å². The molecule has 0 radical (unpaired) electrons. The molecule has 0 aliphatic heterocycles. The summed E-state index contributed by atoms with van der Waals surface area (Å²) in [5.74, 6) is 0.0450. The fourth-order valence-electron chi connectivity index (χ4n) is 1.86. The van der Waals surface area contributed by atoms with E-state index in [1.54, 1.807) is 12.1 Å². The summed E-state index contributed by atoms with van der Waals surface area (Å²) < 4.78 is 13.9. The normalized spacial score (nSPS) is 16.8. The van der Waals surface area contributed by atoms with E-state index in [1.165, 1.54) is 23.5 Å². The number of thiophene rings is 1. The number of hydrogen-bond acceptors (Lipinski definition) is 2. The topological polar surface area (TPSA) is 29.1 Å². The van der Waals surface area contributed by atoms with Gasteiger partial charge in [0.05, 0.1) is 10.4 Å². The van der Waals surface area contributed by atoms with E-state index < -0.39 is 0 Å². The van der Waals surface area contributed by atoms with Crippen molar-refractivity contribution in [2.75, 3.05) is 5.88 Å². The van der Waals surface area contributed by atoms with Gasteiger partial charge >= 0.3 is 0 Å². The minimum atomic E-state index is -0.282. The van der Waals surface area contributed by atoms with Gasteiger partial charge < -0.3 is 5.32 Å². The van der Waals surface area contributed by atoms with Gasteiger partial charge in [-0.15, -0.1) is 22.9 Å². The van der Waals surface area contributed by atoms with Crippen LogP contribution in [0, 0.1) is 5.82 Å². The van der Waals surface area contributed by atoms with Crippen molar-refractivity contribution in [3.8, 4) is 0 Å². The Morgan fingerprint density at radius 3 is 2.89 bits per heavy atom. The fraction of sp³-hybridized carbons (Fsp3) is 0.308. The van der Waals surface area contributed by atoms with Crippen LogP contribution in [0.4, 0.5) is 4.39 Å². The number of alkyl halides is 1. The molecule has 0 atom stereocenters. The number of rotatable bonds is 3. The number of hydrogen-bond donors (Lipinski definition) is 1. The molecule has 1 aromatic carbocycles. The predicted molar refractivity (Wildman–Crippen MR) is 71.9 cm³/mol. The third-order valence-corrected chi connectivity index (χ3v) is 4.80. The first-order valence-corrected chi connectivity index (χ1v) is 7.05. The van der Waals surface area contributed by atoms with E-state index in [4.69, 9.17) is 11.6 Å². The lowest BCUT2D eigenvalue weighted by atomic mass is 10.2. The SMILES string of the molecule is O=C(NC1(CCl)CC1)c1cc2ccc(F)cc2s1. The summed E-state index contributed by atoms with van der Waals surface area (Å²) in [7, 11) is 0. The van der Waals surface area contributed by atoms with Crippen LogP contribution in [0.15, 0.2) is 24.3 Å². The molecule has 1 N–H and O–H groups in total. The van der Waals surface area contributed by atoms with Gasteiger partial charge in [0.1, 0.15) is 5.82 Å². The van der Waals surface area contributed by atoms with E-state index in [9.17, 15) is 9.18 Å². The molecule has 94 valence electrons. The van der Waals surface area contributed by atoms with Crippen LogP contribution in [0.1, 0.15) is 22.5 Å².